The van der Waals surface area contributed by atoms with Crippen LogP contribution in [0.4, 0.5) is 11.4 Å². The molecule has 0 aromatic heterocycles. The second-order valence-electron chi connectivity index (χ2n) is 8.51. The van der Waals surface area contributed by atoms with Crippen LogP contribution in [0.15, 0.2) is 84.9 Å². The van der Waals surface area contributed by atoms with Gasteiger partial charge < -0.3 is 4.74 Å². The minimum atomic E-state index is -0.482. The standard InChI is InChI=1S/C27H23N3O5/c1-2-17-28-26(19-7-12-21(13-8-19)29(31)32)25-23-6-4-3-5-18(23)11-16-24(25)35-27(28)20-9-14-22(15-10-20)30(33)34/h3-16,26-27H,2,17H2,1H3. The van der Waals surface area contributed by atoms with Gasteiger partial charge in [0.2, 0.25) is 0 Å². The van der Waals surface area contributed by atoms with Gasteiger partial charge >= 0.3 is 0 Å². The Morgan fingerprint density at radius 2 is 1.40 bits per heavy atom. The van der Waals surface area contributed by atoms with E-state index >= 15 is 0 Å². The molecule has 8 nitrogen and oxygen atoms in total. The van der Waals surface area contributed by atoms with E-state index in [4.69, 9.17) is 4.74 Å². The molecule has 35 heavy (non-hydrogen) atoms. The predicted molar refractivity (Wildman–Crippen MR) is 132 cm³/mol. The smallest absolute Gasteiger partial charge is 0.269 e. The molecule has 5 rings (SSSR count). The molecule has 2 unspecified atom stereocenters. The molecule has 0 aliphatic carbocycles. The number of hydrogen-bond donors (Lipinski definition) is 0. The van der Waals surface area contributed by atoms with E-state index in [1.54, 1.807) is 24.3 Å². The van der Waals surface area contributed by atoms with Crippen molar-refractivity contribution in [3.05, 3.63) is 122 Å². The van der Waals surface area contributed by atoms with Gasteiger partial charge in [-0.3, -0.25) is 25.1 Å². The van der Waals surface area contributed by atoms with Crippen molar-refractivity contribution in [1.82, 2.24) is 4.90 Å². The van der Waals surface area contributed by atoms with E-state index in [1.807, 2.05) is 24.3 Å². The Morgan fingerprint density at radius 1 is 0.800 bits per heavy atom. The van der Waals surface area contributed by atoms with Crippen molar-refractivity contribution in [3.8, 4) is 5.75 Å². The molecule has 0 spiro atoms. The average molecular weight is 469 g/mol. The van der Waals surface area contributed by atoms with Gasteiger partial charge in [-0.15, -0.1) is 0 Å². The van der Waals surface area contributed by atoms with Gasteiger partial charge in [-0.1, -0.05) is 49.4 Å². The van der Waals surface area contributed by atoms with E-state index in [-0.39, 0.29) is 17.4 Å². The second kappa shape index (κ2) is 9.15. The molecule has 2 atom stereocenters. The zero-order valence-electron chi connectivity index (χ0n) is 19.0. The number of fused-ring (bicyclic) bond motifs is 3. The summed E-state index contributed by atoms with van der Waals surface area (Å²) in [5, 5.41) is 24.6. The highest BCUT2D eigenvalue weighted by Gasteiger charge is 2.38. The number of non-ortho nitro benzene ring substituents is 2. The Bertz CT molecular complexity index is 1400. The highest BCUT2D eigenvalue weighted by molar-refractivity contribution is 5.89. The van der Waals surface area contributed by atoms with Crippen LogP contribution >= 0.6 is 0 Å². The lowest BCUT2D eigenvalue weighted by Crippen LogP contribution is -2.40. The average Bonchev–Trinajstić information content (AvgIpc) is 2.88. The third kappa shape index (κ3) is 4.08. The number of nitrogens with zero attached hydrogens (tertiary/aromatic N) is 3. The highest BCUT2D eigenvalue weighted by atomic mass is 16.6. The molecule has 0 saturated heterocycles. The van der Waals surface area contributed by atoms with E-state index in [1.165, 1.54) is 24.3 Å². The molecule has 1 aliphatic rings. The first-order valence-corrected chi connectivity index (χ1v) is 11.4. The van der Waals surface area contributed by atoms with Crippen LogP contribution in [-0.4, -0.2) is 21.3 Å². The van der Waals surface area contributed by atoms with Crippen LogP contribution in [0.5, 0.6) is 5.75 Å². The van der Waals surface area contributed by atoms with E-state index in [0.717, 1.165) is 39.6 Å². The summed E-state index contributed by atoms with van der Waals surface area (Å²) in [6.45, 7) is 2.77. The van der Waals surface area contributed by atoms with Crippen molar-refractivity contribution in [2.45, 2.75) is 25.6 Å². The van der Waals surface area contributed by atoms with Crippen molar-refractivity contribution >= 4 is 22.1 Å². The Labute approximate surface area is 201 Å². The number of ether oxygens (including phenoxy) is 1. The normalized spacial score (nSPS) is 17.5. The van der Waals surface area contributed by atoms with Gasteiger partial charge in [0.05, 0.1) is 15.9 Å². The summed E-state index contributed by atoms with van der Waals surface area (Å²) in [6, 6.07) is 24.9. The van der Waals surface area contributed by atoms with Crippen molar-refractivity contribution < 1.29 is 14.6 Å². The molecule has 1 heterocycles. The molecule has 8 heteroatoms. The Hall–Kier alpha value is -4.30. The van der Waals surface area contributed by atoms with Crippen molar-refractivity contribution in [1.29, 1.82) is 0 Å². The molecule has 1 aliphatic heterocycles. The fourth-order valence-corrected chi connectivity index (χ4v) is 4.81. The number of nitro groups is 2. The van der Waals surface area contributed by atoms with E-state index in [0.29, 0.717) is 6.54 Å². The van der Waals surface area contributed by atoms with Gasteiger partial charge in [0.1, 0.15) is 5.75 Å². The van der Waals surface area contributed by atoms with Gasteiger partial charge in [0, 0.05) is 41.9 Å². The number of hydrogen-bond acceptors (Lipinski definition) is 6. The molecule has 0 fully saturated rings. The molecular formula is C27H23N3O5. The van der Waals surface area contributed by atoms with Crippen LogP contribution in [0.3, 0.4) is 0 Å². The number of rotatable bonds is 6. The summed E-state index contributed by atoms with van der Waals surface area (Å²) in [4.78, 5) is 23.8. The Balaban J connectivity index is 1.71. The molecule has 0 saturated carbocycles. The van der Waals surface area contributed by atoms with Crippen molar-refractivity contribution in [2.75, 3.05) is 6.54 Å². The lowest BCUT2D eigenvalue weighted by atomic mass is 9.89. The first-order chi connectivity index (χ1) is 17.0. The van der Waals surface area contributed by atoms with Gasteiger partial charge in [-0.2, -0.15) is 0 Å². The number of nitro benzene ring substituents is 2. The maximum atomic E-state index is 11.3. The molecule has 0 amide bonds. The SMILES string of the molecule is CCCN1C(c2ccc([N+](=O)[O-])cc2)Oc2ccc3ccccc3c2C1c1ccc([N+](=O)[O-])cc1. The second-order valence-corrected chi connectivity index (χ2v) is 8.51. The Morgan fingerprint density at radius 3 is 2.00 bits per heavy atom. The van der Waals surface area contributed by atoms with E-state index in [2.05, 4.69) is 24.0 Å². The van der Waals surface area contributed by atoms with Crippen molar-refractivity contribution in [3.63, 3.8) is 0 Å². The predicted octanol–water partition coefficient (Wildman–Crippen LogP) is 6.55. The van der Waals surface area contributed by atoms with E-state index in [9.17, 15) is 20.2 Å². The fraction of sp³-hybridized carbons (Fsp3) is 0.185. The first kappa shape index (κ1) is 22.5. The quantitative estimate of drug-likeness (QED) is 0.235. The maximum Gasteiger partial charge on any atom is 0.269 e. The minimum absolute atomic E-state index is 0.0184. The van der Waals surface area contributed by atoms with Gasteiger partial charge in [-0.25, -0.2) is 0 Å². The molecular weight excluding hydrogens is 446 g/mol. The summed E-state index contributed by atoms with van der Waals surface area (Å²) in [5.74, 6) is 0.725. The lowest BCUT2D eigenvalue weighted by Gasteiger charge is -2.44. The highest BCUT2D eigenvalue weighted by Crippen LogP contribution is 2.48. The van der Waals surface area contributed by atoms with E-state index < -0.39 is 16.1 Å². The topological polar surface area (TPSA) is 98.8 Å². The minimum Gasteiger partial charge on any atom is -0.470 e. The molecule has 176 valence electrons. The summed E-state index contributed by atoms with van der Waals surface area (Å²) in [6.07, 6.45) is 0.362. The zero-order valence-corrected chi connectivity index (χ0v) is 19.0. The van der Waals surface area contributed by atoms with Gasteiger partial charge in [0.25, 0.3) is 11.4 Å². The van der Waals surface area contributed by atoms with Crippen LogP contribution in [-0.2, 0) is 0 Å². The number of benzene rings is 4. The third-order valence-electron chi connectivity index (χ3n) is 6.37. The fourth-order valence-electron chi connectivity index (χ4n) is 4.81. The monoisotopic (exact) mass is 469 g/mol. The Kier molecular flexibility index (Phi) is 5.88. The van der Waals surface area contributed by atoms with Crippen molar-refractivity contribution in [2.24, 2.45) is 0 Å². The van der Waals surface area contributed by atoms with Gasteiger partial charge in [-0.05, 0) is 41.0 Å². The van der Waals surface area contributed by atoms with Crippen LogP contribution in [0.2, 0.25) is 0 Å². The zero-order chi connectivity index (χ0) is 24.5. The lowest BCUT2D eigenvalue weighted by molar-refractivity contribution is -0.385. The summed E-state index contributed by atoms with van der Waals surface area (Å²) in [7, 11) is 0. The molecule has 4 aromatic rings. The van der Waals surface area contributed by atoms with Crippen LogP contribution in [0, 0.1) is 20.2 Å². The summed E-state index contributed by atoms with van der Waals surface area (Å²) >= 11 is 0. The van der Waals surface area contributed by atoms with Gasteiger partial charge in [0.15, 0.2) is 6.23 Å². The first-order valence-electron chi connectivity index (χ1n) is 11.4. The maximum absolute atomic E-state index is 11.3. The van der Waals surface area contributed by atoms with Crippen LogP contribution in [0.1, 0.15) is 42.3 Å². The molecule has 0 radical (unpaired) electrons. The third-order valence-corrected chi connectivity index (χ3v) is 6.37. The van der Waals surface area contributed by atoms with Crippen LogP contribution < -0.4 is 4.74 Å². The van der Waals surface area contributed by atoms with Crippen LogP contribution in [0.25, 0.3) is 10.8 Å². The summed E-state index contributed by atoms with van der Waals surface area (Å²) < 4.78 is 6.55. The largest absolute Gasteiger partial charge is 0.470 e. The summed E-state index contributed by atoms with van der Waals surface area (Å²) in [5.41, 5.74) is 2.77. The molecule has 0 N–H and O–H groups in total. The molecule has 0 bridgehead atoms. The molecule has 4 aromatic carbocycles.